The Kier molecular flexibility index (Phi) is 4.74. The van der Waals surface area contributed by atoms with Gasteiger partial charge in [0.1, 0.15) is 11.6 Å². The van der Waals surface area contributed by atoms with E-state index in [1.165, 1.54) is 16.9 Å². The monoisotopic (exact) mass is 289 g/mol. The highest BCUT2D eigenvalue weighted by atomic mass is 32.1. The van der Waals surface area contributed by atoms with Gasteiger partial charge in [0.2, 0.25) is 0 Å². The second-order valence-corrected chi connectivity index (χ2v) is 5.62. The molecule has 0 aliphatic rings. The lowest BCUT2D eigenvalue weighted by Gasteiger charge is -2.06. The van der Waals surface area contributed by atoms with E-state index in [1.54, 1.807) is 0 Å². The Morgan fingerprint density at radius 1 is 1.45 bits per heavy atom. The summed E-state index contributed by atoms with van der Waals surface area (Å²) in [5.41, 5.74) is 7.60. The molecule has 0 radical (unpaired) electrons. The minimum Gasteiger partial charge on any atom is -0.493 e. The number of nitrogens with one attached hydrogen (secondary N) is 1. The third-order valence-corrected chi connectivity index (χ3v) is 4.23. The number of ether oxygens (including phenoxy) is 1. The number of amidine groups is 1. The molecule has 106 valence electrons. The van der Waals surface area contributed by atoms with Crippen molar-refractivity contribution in [1.29, 1.82) is 5.41 Å². The molecular formula is C15H19N3OS. The molecule has 1 aromatic heterocycles. The summed E-state index contributed by atoms with van der Waals surface area (Å²) in [6.07, 6.45) is 1.74. The lowest BCUT2D eigenvalue weighted by Crippen LogP contribution is -2.10. The van der Waals surface area contributed by atoms with Crippen molar-refractivity contribution in [3.63, 3.8) is 0 Å². The molecule has 20 heavy (non-hydrogen) atoms. The number of thiazole rings is 1. The van der Waals surface area contributed by atoms with Gasteiger partial charge in [-0.3, -0.25) is 5.41 Å². The highest BCUT2D eigenvalue weighted by Crippen LogP contribution is 2.19. The molecule has 1 aromatic carbocycles. The number of nitrogen functional groups attached to an aromatic ring is 1. The lowest BCUT2D eigenvalue weighted by molar-refractivity contribution is 0.321. The summed E-state index contributed by atoms with van der Waals surface area (Å²) in [6.45, 7) is 4.58. The van der Waals surface area contributed by atoms with Crippen LogP contribution in [0.15, 0.2) is 24.3 Å². The van der Waals surface area contributed by atoms with E-state index < -0.39 is 0 Å². The number of benzene rings is 1. The van der Waals surface area contributed by atoms with Gasteiger partial charge in [0.25, 0.3) is 0 Å². The Labute approximate surface area is 123 Å². The molecule has 0 spiro atoms. The molecule has 3 N–H and O–H groups in total. The molecule has 2 aromatic rings. The zero-order valence-corrected chi connectivity index (χ0v) is 12.6. The maximum atomic E-state index is 7.46. The van der Waals surface area contributed by atoms with Gasteiger partial charge in [-0.05, 0) is 31.0 Å². The van der Waals surface area contributed by atoms with Crippen molar-refractivity contribution in [2.24, 2.45) is 5.73 Å². The average Bonchev–Trinajstić information content (AvgIpc) is 2.80. The van der Waals surface area contributed by atoms with Crippen LogP contribution in [0.1, 0.15) is 28.1 Å². The fourth-order valence-corrected chi connectivity index (χ4v) is 2.83. The topological polar surface area (TPSA) is 72.0 Å². The van der Waals surface area contributed by atoms with Gasteiger partial charge in [-0.1, -0.05) is 19.1 Å². The SMILES string of the molecule is CCc1cccc(OCCc2nc(C)c(C(=N)N)s2)c1. The molecule has 2 rings (SSSR count). The molecule has 0 aliphatic carbocycles. The van der Waals surface area contributed by atoms with E-state index in [9.17, 15) is 0 Å². The van der Waals surface area contributed by atoms with Gasteiger partial charge in [-0.25, -0.2) is 4.98 Å². The van der Waals surface area contributed by atoms with Crippen molar-refractivity contribution >= 4 is 17.2 Å². The number of aromatic nitrogens is 1. The van der Waals surface area contributed by atoms with Crippen LogP contribution in [-0.4, -0.2) is 17.4 Å². The molecular weight excluding hydrogens is 270 g/mol. The Bertz CT molecular complexity index is 607. The first kappa shape index (κ1) is 14.5. The molecule has 0 aliphatic heterocycles. The van der Waals surface area contributed by atoms with Crippen LogP contribution >= 0.6 is 11.3 Å². The Morgan fingerprint density at radius 2 is 2.25 bits per heavy atom. The van der Waals surface area contributed by atoms with Crippen LogP contribution in [0.2, 0.25) is 0 Å². The van der Waals surface area contributed by atoms with E-state index in [0.29, 0.717) is 6.61 Å². The largest absolute Gasteiger partial charge is 0.493 e. The molecule has 0 saturated carbocycles. The molecule has 1 heterocycles. The minimum absolute atomic E-state index is 0.0859. The number of aryl methyl sites for hydroxylation is 2. The molecule has 0 amide bonds. The molecule has 0 atom stereocenters. The van der Waals surface area contributed by atoms with Crippen LogP contribution in [0.25, 0.3) is 0 Å². The molecule has 5 heteroatoms. The summed E-state index contributed by atoms with van der Waals surface area (Å²) in [6, 6.07) is 8.13. The van der Waals surface area contributed by atoms with E-state index >= 15 is 0 Å². The van der Waals surface area contributed by atoms with E-state index in [1.807, 2.05) is 19.1 Å². The van der Waals surface area contributed by atoms with Gasteiger partial charge < -0.3 is 10.5 Å². The summed E-state index contributed by atoms with van der Waals surface area (Å²) >= 11 is 1.47. The quantitative estimate of drug-likeness (QED) is 0.634. The maximum Gasteiger partial charge on any atom is 0.135 e. The van der Waals surface area contributed by atoms with Crippen LogP contribution in [0.5, 0.6) is 5.75 Å². The number of nitrogens with two attached hydrogens (primary N) is 1. The summed E-state index contributed by atoms with van der Waals surface area (Å²) in [7, 11) is 0. The Balaban J connectivity index is 1.92. The summed E-state index contributed by atoms with van der Waals surface area (Å²) in [4.78, 5) is 5.17. The zero-order valence-electron chi connectivity index (χ0n) is 11.8. The summed E-state index contributed by atoms with van der Waals surface area (Å²) in [5, 5.41) is 8.42. The van der Waals surface area contributed by atoms with Gasteiger partial charge in [0, 0.05) is 6.42 Å². The summed E-state index contributed by atoms with van der Waals surface area (Å²) < 4.78 is 5.74. The predicted octanol–water partition coefficient (Wildman–Crippen LogP) is 2.92. The number of hydrogen-bond donors (Lipinski definition) is 2. The van der Waals surface area contributed by atoms with Gasteiger partial charge in [0.15, 0.2) is 0 Å². The molecule has 0 saturated heterocycles. The standard InChI is InChI=1S/C15H19N3OS/c1-3-11-5-4-6-12(9-11)19-8-7-13-18-10(2)14(20-13)15(16)17/h4-6,9H,3,7-8H2,1-2H3,(H3,16,17). The zero-order chi connectivity index (χ0) is 14.5. The van der Waals surface area contributed by atoms with Crippen molar-refractivity contribution in [1.82, 2.24) is 4.98 Å². The fourth-order valence-electron chi connectivity index (χ4n) is 1.92. The van der Waals surface area contributed by atoms with Crippen molar-refractivity contribution in [2.45, 2.75) is 26.7 Å². The smallest absolute Gasteiger partial charge is 0.135 e. The molecule has 0 unspecified atom stereocenters. The second kappa shape index (κ2) is 6.52. The second-order valence-electron chi connectivity index (χ2n) is 4.54. The first-order valence-electron chi connectivity index (χ1n) is 6.62. The highest BCUT2D eigenvalue weighted by Gasteiger charge is 2.09. The normalized spacial score (nSPS) is 10.5. The molecule has 4 nitrogen and oxygen atoms in total. The minimum atomic E-state index is 0.0859. The number of nitrogens with zero attached hydrogens (tertiary/aromatic N) is 1. The average molecular weight is 289 g/mol. The van der Waals surface area contributed by atoms with Gasteiger partial charge >= 0.3 is 0 Å². The van der Waals surface area contributed by atoms with Crippen molar-refractivity contribution in [3.05, 3.63) is 45.4 Å². The fraction of sp³-hybridized carbons (Fsp3) is 0.333. The van der Waals surface area contributed by atoms with Crippen LogP contribution in [0, 0.1) is 12.3 Å². The van der Waals surface area contributed by atoms with Crippen molar-refractivity contribution < 1.29 is 4.74 Å². The van der Waals surface area contributed by atoms with E-state index in [4.69, 9.17) is 15.9 Å². The predicted molar refractivity (Wildman–Crippen MR) is 82.9 cm³/mol. The van der Waals surface area contributed by atoms with Crippen LogP contribution in [0.3, 0.4) is 0 Å². The molecule has 0 fully saturated rings. The van der Waals surface area contributed by atoms with Crippen LogP contribution in [-0.2, 0) is 12.8 Å². The number of hydrogen-bond acceptors (Lipinski definition) is 4. The Morgan fingerprint density at radius 3 is 2.90 bits per heavy atom. The van der Waals surface area contributed by atoms with Crippen LogP contribution < -0.4 is 10.5 Å². The van der Waals surface area contributed by atoms with E-state index in [2.05, 4.69) is 24.0 Å². The lowest BCUT2D eigenvalue weighted by atomic mass is 10.2. The van der Waals surface area contributed by atoms with Gasteiger partial charge in [0.05, 0.1) is 22.2 Å². The third-order valence-electron chi connectivity index (χ3n) is 2.98. The maximum absolute atomic E-state index is 7.46. The molecule has 0 bridgehead atoms. The van der Waals surface area contributed by atoms with E-state index in [-0.39, 0.29) is 5.84 Å². The van der Waals surface area contributed by atoms with Crippen molar-refractivity contribution in [2.75, 3.05) is 6.61 Å². The number of rotatable bonds is 6. The van der Waals surface area contributed by atoms with E-state index in [0.717, 1.165) is 34.2 Å². The first-order valence-corrected chi connectivity index (χ1v) is 7.44. The summed E-state index contributed by atoms with van der Waals surface area (Å²) in [5.74, 6) is 0.979. The first-order chi connectivity index (χ1) is 9.60. The Hall–Kier alpha value is -1.88. The van der Waals surface area contributed by atoms with Crippen LogP contribution in [0.4, 0.5) is 0 Å². The van der Waals surface area contributed by atoms with Gasteiger partial charge in [-0.15, -0.1) is 11.3 Å². The third kappa shape index (κ3) is 3.57. The highest BCUT2D eigenvalue weighted by molar-refractivity contribution is 7.13. The van der Waals surface area contributed by atoms with Crippen molar-refractivity contribution in [3.8, 4) is 5.75 Å². The van der Waals surface area contributed by atoms with Gasteiger partial charge in [-0.2, -0.15) is 0 Å².